The molecule has 0 radical (unpaired) electrons. The predicted octanol–water partition coefficient (Wildman–Crippen LogP) is 0.447. The van der Waals surface area contributed by atoms with Crippen LogP contribution in [-0.4, -0.2) is 69.9 Å². The van der Waals surface area contributed by atoms with E-state index in [4.69, 9.17) is 5.73 Å². The molecule has 0 unspecified atom stereocenters. The van der Waals surface area contributed by atoms with Crippen LogP contribution in [0, 0.1) is 0 Å². The molecule has 0 saturated carbocycles. The topological polar surface area (TPSA) is 113 Å². The molecular weight excluding hydrogens is 380 g/mol. The highest BCUT2D eigenvalue weighted by Gasteiger charge is 2.43. The van der Waals surface area contributed by atoms with E-state index < -0.39 is 29.3 Å². The summed E-state index contributed by atoms with van der Waals surface area (Å²) in [6, 6.07) is -1.96. The molecule has 0 aromatic rings. The molecular formula is C19H32N4O4S. The number of amides is 4. The van der Waals surface area contributed by atoms with Gasteiger partial charge in [0.25, 0.3) is 0 Å². The first kappa shape index (κ1) is 22.5. The van der Waals surface area contributed by atoms with Crippen LogP contribution in [0.25, 0.3) is 0 Å². The first-order valence-electron chi connectivity index (χ1n) is 10.2. The van der Waals surface area contributed by atoms with Crippen molar-refractivity contribution in [2.75, 3.05) is 13.1 Å². The molecule has 2 rings (SSSR count). The Balaban J connectivity index is 2.05. The van der Waals surface area contributed by atoms with Crippen LogP contribution in [0.2, 0.25) is 0 Å². The standard InChI is InChI=1S/C19H32N4O4S/c1-3-4-9-15(28)19(27)23-11-6-8-14(23)18(26)22-10-5-7-13(22)17(25)21-12(2)16(20)24/h12-15,28H,3-11H2,1-2H3,(H2,20,24)(H,21,25)/t12-,13-,14-,15+/m0/s1. The summed E-state index contributed by atoms with van der Waals surface area (Å²) in [5.74, 6) is -1.28. The van der Waals surface area contributed by atoms with Crippen molar-refractivity contribution in [1.29, 1.82) is 0 Å². The first-order valence-corrected chi connectivity index (χ1v) is 10.7. The van der Waals surface area contributed by atoms with Crippen molar-refractivity contribution < 1.29 is 19.2 Å². The third-order valence-electron chi connectivity index (χ3n) is 5.56. The molecule has 2 saturated heterocycles. The third-order valence-corrected chi connectivity index (χ3v) is 6.04. The van der Waals surface area contributed by atoms with E-state index in [1.807, 2.05) is 0 Å². The zero-order chi connectivity index (χ0) is 20.8. The van der Waals surface area contributed by atoms with Gasteiger partial charge in [0, 0.05) is 13.1 Å². The van der Waals surface area contributed by atoms with E-state index in [0.29, 0.717) is 38.8 Å². The van der Waals surface area contributed by atoms with Gasteiger partial charge in [-0.05, 0) is 39.0 Å². The second-order valence-electron chi connectivity index (χ2n) is 7.67. The van der Waals surface area contributed by atoms with Crippen molar-refractivity contribution in [1.82, 2.24) is 15.1 Å². The Morgan fingerprint density at radius 3 is 2.32 bits per heavy atom. The van der Waals surface area contributed by atoms with Gasteiger partial charge in [0.2, 0.25) is 23.6 Å². The van der Waals surface area contributed by atoms with Crippen molar-refractivity contribution in [3.05, 3.63) is 0 Å². The predicted molar refractivity (Wildman–Crippen MR) is 109 cm³/mol. The van der Waals surface area contributed by atoms with E-state index in [0.717, 1.165) is 19.3 Å². The van der Waals surface area contributed by atoms with Crippen LogP contribution < -0.4 is 11.1 Å². The van der Waals surface area contributed by atoms with Crippen molar-refractivity contribution >= 4 is 36.3 Å². The van der Waals surface area contributed by atoms with E-state index >= 15 is 0 Å². The Labute approximate surface area is 172 Å². The van der Waals surface area contributed by atoms with E-state index in [1.54, 1.807) is 9.80 Å². The van der Waals surface area contributed by atoms with Crippen LogP contribution in [0.4, 0.5) is 0 Å². The minimum absolute atomic E-state index is 0.102. The molecule has 28 heavy (non-hydrogen) atoms. The zero-order valence-corrected chi connectivity index (χ0v) is 17.6. The average Bonchev–Trinajstić information content (AvgIpc) is 3.33. The van der Waals surface area contributed by atoms with Gasteiger partial charge in [-0.15, -0.1) is 0 Å². The molecule has 2 heterocycles. The minimum Gasteiger partial charge on any atom is -0.368 e. The van der Waals surface area contributed by atoms with Gasteiger partial charge in [-0.25, -0.2) is 0 Å². The Morgan fingerprint density at radius 2 is 1.71 bits per heavy atom. The van der Waals surface area contributed by atoms with Crippen LogP contribution in [0.3, 0.4) is 0 Å². The summed E-state index contributed by atoms with van der Waals surface area (Å²) in [6.07, 6.45) is 5.20. The van der Waals surface area contributed by atoms with Crippen LogP contribution >= 0.6 is 12.6 Å². The first-order chi connectivity index (χ1) is 13.3. The number of thiol groups is 1. The van der Waals surface area contributed by atoms with Gasteiger partial charge in [0.05, 0.1) is 5.25 Å². The lowest BCUT2D eigenvalue weighted by Gasteiger charge is -2.32. The number of unbranched alkanes of at least 4 members (excludes halogenated alkanes) is 1. The Morgan fingerprint density at radius 1 is 1.11 bits per heavy atom. The molecule has 158 valence electrons. The van der Waals surface area contributed by atoms with E-state index in [1.165, 1.54) is 6.92 Å². The largest absolute Gasteiger partial charge is 0.368 e. The van der Waals surface area contributed by atoms with Crippen molar-refractivity contribution in [3.63, 3.8) is 0 Å². The van der Waals surface area contributed by atoms with Crippen molar-refractivity contribution in [2.24, 2.45) is 5.73 Å². The van der Waals surface area contributed by atoms with Crippen LogP contribution in [-0.2, 0) is 19.2 Å². The number of hydrogen-bond donors (Lipinski definition) is 3. The maximum Gasteiger partial charge on any atom is 0.246 e. The summed E-state index contributed by atoms with van der Waals surface area (Å²) in [7, 11) is 0. The summed E-state index contributed by atoms with van der Waals surface area (Å²) in [6.45, 7) is 4.59. The highest BCUT2D eigenvalue weighted by Crippen LogP contribution is 2.26. The highest BCUT2D eigenvalue weighted by atomic mass is 32.1. The van der Waals surface area contributed by atoms with Crippen LogP contribution in [0.1, 0.15) is 58.8 Å². The number of primary amides is 1. The number of nitrogens with zero attached hydrogens (tertiary/aromatic N) is 2. The molecule has 0 aliphatic carbocycles. The van der Waals surface area contributed by atoms with Gasteiger partial charge in [0.1, 0.15) is 18.1 Å². The molecule has 8 nitrogen and oxygen atoms in total. The molecule has 2 fully saturated rings. The second-order valence-corrected chi connectivity index (χ2v) is 8.29. The summed E-state index contributed by atoms with van der Waals surface area (Å²) >= 11 is 4.44. The number of nitrogens with two attached hydrogens (primary N) is 1. The number of carbonyl (C=O) groups excluding carboxylic acids is 4. The third kappa shape index (κ3) is 5.18. The Bertz CT molecular complexity index is 615. The molecule has 4 amide bonds. The number of likely N-dealkylation sites (tertiary alicyclic amines) is 2. The van der Waals surface area contributed by atoms with Crippen LogP contribution in [0.5, 0.6) is 0 Å². The molecule has 0 aromatic heterocycles. The maximum atomic E-state index is 13.2. The average molecular weight is 413 g/mol. The zero-order valence-electron chi connectivity index (χ0n) is 16.7. The number of carbonyl (C=O) groups is 4. The Hall–Kier alpha value is -1.77. The van der Waals surface area contributed by atoms with Gasteiger partial charge in [0.15, 0.2) is 0 Å². The van der Waals surface area contributed by atoms with Crippen molar-refractivity contribution in [2.45, 2.75) is 82.2 Å². The monoisotopic (exact) mass is 412 g/mol. The van der Waals surface area contributed by atoms with E-state index in [2.05, 4.69) is 24.9 Å². The molecule has 0 spiro atoms. The van der Waals surface area contributed by atoms with E-state index in [-0.39, 0.29) is 17.7 Å². The SMILES string of the molecule is CCCC[C@@H](S)C(=O)N1CCC[C@H]1C(=O)N1CCC[C@H]1C(=O)N[C@@H](C)C(N)=O. The molecule has 9 heteroatoms. The minimum atomic E-state index is -0.793. The number of rotatable bonds is 8. The smallest absolute Gasteiger partial charge is 0.246 e. The van der Waals surface area contributed by atoms with Crippen molar-refractivity contribution in [3.8, 4) is 0 Å². The Kier molecular flexibility index (Phi) is 8.15. The fraction of sp³-hybridized carbons (Fsp3) is 0.789. The summed E-state index contributed by atoms with van der Waals surface area (Å²) < 4.78 is 0. The van der Waals surface area contributed by atoms with Gasteiger partial charge in [-0.3, -0.25) is 19.2 Å². The molecule has 0 bridgehead atoms. The molecule has 4 atom stereocenters. The normalized spacial score (nSPS) is 24.1. The van der Waals surface area contributed by atoms with Gasteiger partial charge in [-0.1, -0.05) is 19.8 Å². The lowest BCUT2D eigenvalue weighted by molar-refractivity contribution is -0.146. The lowest BCUT2D eigenvalue weighted by atomic mass is 10.1. The van der Waals surface area contributed by atoms with Gasteiger partial charge < -0.3 is 20.9 Å². The molecule has 0 aromatic carbocycles. The second kappa shape index (κ2) is 10.1. The lowest BCUT2D eigenvalue weighted by Crippen LogP contribution is -2.55. The molecule has 2 aliphatic rings. The number of nitrogens with one attached hydrogen (secondary N) is 1. The highest BCUT2D eigenvalue weighted by molar-refractivity contribution is 7.81. The maximum absolute atomic E-state index is 13.2. The quantitative estimate of drug-likeness (QED) is 0.502. The van der Waals surface area contributed by atoms with Crippen LogP contribution in [0.15, 0.2) is 0 Å². The van der Waals surface area contributed by atoms with Gasteiger partial charge in [-0.2, -0.15) is 12.6 Å². The summed E-state index contributed by atoms with van der Waals surface area (Å²) in [5, 5.41) is 2.17. The summed E-state index contributed by atoms with van der Waals surface area (Å²) in [4.78, 5) is 52.9. The number of hydrogen-bond acceptors (Lipinski definition) is 5. The molecule has 3 N–H and O–H groups in total. The fourth-order valence-corrected chi connectivity index (χ4v) is 4.21. The summed E-state index contributed by atoms with van der Waals surface area (Å²) in [5.41, 5.74) is 5.21. The van der Waals surface area contributed by atoms with E-state index in [9.17, 15) is 19.2 Å². The fourth-order valence-electron chi connectivity index (χ4n) is 3.87. The molecule has 2 aliphatic heterocycles. The van der Waals surface area contributed by atoms with Gasteiger partial charge >= 0.3 is 0 Å².